The Morgan fingerprint density at radius 2 is 1.97 bits per heavy atom. The van der Waals surface area contributed by atoms with Gasteiger partial charge >= 0.3 is 5.97 Å². The van der Waals surface area contributed by atoms with Crippen molar-refractivity contribution in [3.8, 4) is 0 Å². The minimum absolute atomic E-state index is 0.137. The number of hydrogen-bond donors (Lipinski definition) is 2. The number of aromatic nitrogens is 1. The normalized spacial score (nSPS) is 18.0. The highest BCUT2D eigenvalue weighted by atomic mass is 35.5. The number of benzene rings is 1. The lowest BCUT2D eigenvalue weighted by molar-refractivity contribution is -0.857. The van der Waals surface area contributed by atoms with E-state index in [1.54, 1.807) is 38.1 Å². The Labute approximate surface area is 191 Å². The molecule has 0 saturated carbocycles. The number of carbonyl (C=O) groups excluding carboxylic acids is 3. The van der Waals surface area contributed by atoms with E-state index in [9.17, 15) is 19.5 Å². The molecule has 2 heterocycles. The fourth-order valence-corrected chi connectivity index (χ4v) is 4.20. The number of aryl methyl sites for hydroxylation is 1. The number of rotatable bonds is 6. The Bertz CT molecular complexity index is 1120. The largest absolute Gasteiger partial charge is 0.872 e. The maximum absolute atomic E-state index is 13.7. The first-order chi connectivity index (χ1) is 15.1. The average molecular weight is 460 g/mol. The van der Waals surface area contributed by atoms with Crippen LogP contribution in [0.25, 0.3) is 5.76 Å². The van der Waals surface area contributed by atoms with Gasteiger partial charge in [-0.15, -0.1) is 0 Å². The molecular weight excluding hydrogens is 434 g/mol. The number of nitrogens with one attached hydrogen (secondary N) is 2. The number of likely N-dealkylation sites (N-methyl/N-ethyl adjacent to an activating group) is 1. The highest BCUT2D eigenvalue weighted by Crippen LogP contribution is 2.40. The second kappa shape index (κ2) is 9.18. The molecule has 32 heavy (non-hydrogen) atoms. The molecule has 1 saturated heterocycles. The summed E-state index contributed by atoms with van der Waals surface area (Å²) in [5, 5.41) is 14.1. The van der Waals surface area contributed by atoms with E-state index >= 15 is 0 Å². The molecule has 1 aromatic carbocycles. The molecular formula is C23H26ClN3O5. The first-order valence-electron chi connectivity index (χ1n) is 10.2. The topological polar surface area (TPSA) is 107 Å². The van der Waals surface area contributed by atoms with Gasteiger partial charge in [-0.25, -0.2) is 4.79 Å². The number of halogens is 1. The summed E-state index contributed by atoms with van der Waals surface area (Å²) >= 11 is 6.18. The lowest BCUT2D eigenvalue weighted by Crippen LogP contribution is -3.06. The second-order valence-corrected chi connectivity index (χ2v) is 8.54. The van der Waals surface area contributed by atoms with Crippen LogP contribution in [-0.4, -0.2) is 61.8 Å². The van der Waals surface area contributed by atoms with Gasteiger partial charge < -0.3 is 24.6 Å². The van der Waals surface area contributed by atoms with E-state index in [4.69, 9.17) is 16.3 Å². The molecule has 2 aromatic rings. The molecule has 1 fully saturated rings. The van der Waals surface area contributed by atoms with Gasteiger partial charge in [-0.05, 0) is 42.7 Å². The average Bonchev–Trinajstić information content (AvgIpc) is 3.18. The van der Waals surface area contributed by atoms with E-state index in [-0.39, 0.29) is 16.8 Å². The van der Waals surface area contributed by atoms with Crippen LogP contribution in [0.2, 0.25) is 5.02 Å². The van der Waals surface area contributed by atoms with Crippen LogP contribution in [0.15, 0.2) is 29.8 Å². The minimum Gasteiger partial charge on any atom is -0.872 e. The summed E-state index contributed by atoms with van der Waals surface area (Å²) in [6.45, 7) is 4.12. The van der Waals surface area contributed by atoms with Crippen LogP contribution in [0.1, 0.15) is 38.9 Å². The Morgan fingerprint density at radius 1 is 1.28 bits per heavy atom. The lowest BCUT2D eigenvalue weighted by Gasteiger charge is -2.28. The van der Waals surface area contributed by atoms with Crippen LogP contribution >= 0.6 is 11.6 Å². The van der Waals surface area contributed by atoms with Gasteiger partial charge in [0.15, 0.2) is 0 Å². The van der Waals surface area contributed by atoms with E-state index in [2.05, 4.69) is 4.98 Å². The molecule has 1 unspecified atom stereocenters. The van der Waals surface area contributed by atoms with Crippen molar-refractivity contribution >= 4 is 35.0 Å². The summed E-state index contributed by atoms with van der Waals surface area (Å²) in [5.41, 5.74) is 1.54. The Kier molecular flexibility index (Phi) is 6.76. The summed E-state index contributed by atoms with van der Waals surface area (Å²) in [4.78, 5) is 43.5. The standard InChI is InChI=1S/C23H26ClN3O5/c1-12-16(13(2)25-18(12)23(31)32-5)20(28)17-19(14-7-6-8-15(24)11-14)27(10-9-26(3)4)22(30)21(17)29/h6-8,11,19,25,28H,9-10H2,1-5H3. The molecule has 9 heteroatoms. The summed E-state index contributed by atoms with van der Waals surface area (Å²) in [5.74, 6) is -2.77. The molecule has 2 N–H and O–H groups in total. The SMILES string of the molecule is COC(=O)c1[nH]c(C)c(C([O-])=C2C(=O)C(=O)N(CC[NH+](C)C)C2c2cccc(Cl)c2)c1C. The predicted molar refractivity (Wildman–Crippen MR) is 117 cm³/mol. The first kappa shape index (κ1) is 23.6. The summed E-state index contributed by atoms with van der Waals surface area (Å²) in [7, 11) is 5.12. The predicted octanol–water partition coefficient (Wildman–Crippen LogP) is 0.440. The molecule has 1 atom stereocenters. The number of quaternary nitrogens is 1. The fraction of sp³-hybridized carbons (Fsp3) is 0.348. The van der Waals surface area contributed by atoms with Crippen LogP contribution < -0.4 is 10.0 Å². The van der Waals surface area contributed by atoms with Crippen molar-refractivity contribution in [3.05, 3.63) is 62.9 Å². The second-order valence-electron chi connectivity index (χ2n) is 8.10. The van der Waals surface area contributed by atoms with Crippen molar-refractivity contribution in [1.82, 2.24) is 9.88 Å². The number of amides is 1. The third-order valence-electron chi connectivity index (χ3n) is 5.60. The van der Waals surface area contributed by atoms with E-state index in [1.165, 1.54) is 12.0 Å². The van der Waals surface area contributed by atoms with Crippen molar-refractivity contribution in [3.63, 3.8) is 0 Å². The Balaban J connectivity index is 2.23. The number of carbonyl (C=O) groups is 3. The Hall–Kier alpha value is -3.10. The van der Waals surface area contributed by atoms with Crippen LogP contribution in [0, 0.1) is 13.8 Å². The van der Waals surface area contributed by atoms with Gasteiger partial charge in [0.1, 0.15) is 5.69 Å². The van der Waals surface area contributed by atoms with Crippen molar-refractivity contribution in [2.75, 3.05) is 34.3 Å². The van der Waals surface area contributed by atoms with E-state index in [0.717, 1.165) is 4.90 Å². The number of aromatic amines is 1. The van der Waals surface area contributed by atoms with Crippen molar-refractivity contribution in [2.45, 2.75) is 19.9 Å². The number of hydrogen-bond acceptors (Lipinski definition) is 5. The van der Waals surface area contributed by atoms with E-state index in [1.807, 2.05) is 14.1 Å². The number of Topliss-reactive ketones (excluding diaryl/α,β-unsaturated/α-hetero) is 1. The number of methoxy groups -OCH3 is 1. The number of H-pyrrole nitrogens is 1. The minimum atomic E-state index is -0.865. The number of nitrogens with zero attached hydrogens (tertiary/aromatic N) is 1. The van der Waals surface area contributed by atoms with Gasteiger partial charge in [0.25, 0.3) is 5.91 Å². The zero-order valence-electron chi connectivity index (χ0n) is 18.7. The highest BCUT2D eigenvalue weighted by molar-refractivity contribution is 6.46. The molecule has 1 aliphatic rings. The molecule has 0 spiro atoms. The molecule has 0 radical (unpaired) electrons. The van der Waals surface area contributed by atoms with Crippen LogP contribution in [0.3, 0.4) is 0 Å². The third kappa shape index (κ3) is 4.16. The van der Waals surface area contributed by atoms with Crippen molar-refractivity contribution in [1.29, 1.82) is 0 Å². The monoisotopic (exact) mass is 459 g/mol. The molecule has 1 aromatic heterocycles. The highest BCUT2D eigenvalue weighted by Gasteiger charge is 2.44. The summed E-state index contributed by atoms with van der Waals surface area (Å²) < 4.78 is 4.77. The van der Waals surface area contributed by atoms with Gasteiger partial charge in [0.2, 0.25) is 5.78 Å². The van der Waals surface area contributed by atoms with Crippen molar-refractivity contribution < 1.29 is 29.1 Å². The number of ketones is 1. The maximum Gasteiger partial charge on any atom is 0.354 e. The number of ether oxygens (including phenoxy) is 1. The molecule has 170 valence electrons. The fourth-order valence-electron chi connectivity index (χ4n) is 4.00. The molecule has 0 aliphatic carbocycles. The summed E-state index contributed by atoms with van der Waals surface area (Å²) in [6, 6.07) is 5.92. The Morgan fingerprint density at radius 3 is 2.56 bits per heavy atom. The van der Waals surface area contributed by atoms with Gasteiger partial charge in [-0.2, -0.15) is 0 Å². The third-order valence-corrected chi connectivity index (χ3v) is 5.84. The smallest absolute Gasteiger partial charge is 0.354 e. The van der Waals surface area contributed by atoms with Crippen molar-refractivity contribution in [2.24, 2.45) is 0 Å². The van der Waals surface area contributed by atoms with E-state index < -0.39 is 29.5 Å². The quantitative estimate of drug-likeness (QED) is 0.282. The molecule has 8 nitrogen and oxygen atoms in total. The zero-order chi connectivity index (χ0) is 23.7. The van der Waals surface area contributed by atoms with Gasteiger partial charge in [0.05, 0.1) is 40.3 Å². The lowest BCUT2D eigenvalue weighted by atomic mass is 9.94. The molecule has 1 aliphatic heterocycles. The number of esters is 1. The van der Waals surface area contributed by atoms with Gasteiger partial charge in [0, 0.05) is 16.3 Å². The van der Waals surface area contributed by atoms with E-state index in [0.29, 0.717) is 34.9 Å². The summed E-state index contributed by atoms with van der Waals surface area (Å²) in [6.07, 6.45) is 0. The van der Waals surface area contributed by atoms with Gasteiger partial charge in [-0.3, -0.25) is 9.59 Å². The molecule has 0 bridgehead atoms. The van der Waals surface area contributed by atoms with Gasteiger partial charge in [-0.1, -0.05) is 29.5 Å². The van der Waals surface area contributed by atoms with Crippen LogP contribution in [0.4, 0.5) is 0 Å². The molecule has 1 amide bonds. The molecule has 3 rings (SSSR count). The zero-order valence-corrected chi connectivity index (χ0v) is 19.4. The first-order valence-corrected chi connectivity index (χ1v) is 10.5. The van der Waals surface area contributed by atoms with Crippen LogP contribution in [0.5, 0.6) is 0 Å². The van der Waals surface area contributed by atoms with Crippen LogP contribution in [-0.2, 0) is 14.3 Å². The number of likely N-dealkylation sites (tertiary alicyclic amines) is 1. The maximum atomic E-state index is 13.7.